The number of fused-ring (bicyclic) bond motifs is 1. The molecule has 0 unspecified atom stereocenters. The van der Waals surface area contributed by atoms with E-state index < -0.39 is 17.4 Å². The van der Waals surface area contributed by atoms with Crippen LogP contribution < -0.4 is 5.43 Å². The van der Waals surface area contributed by atoms with Crippen LogP contribution in [0, 0.1) is 6.92 Å². The van der Waals surface area contributed by atoms with E-state index in [-0.39, 0.29) is 11.0 Å². The van der Waals surface area contributed by atoms with E-state index in [1.165, 1.54) is 12.1 Å². The van der Waals surface area contributed by atoms with E-state index in [2.05, 4.69) is 4.42 Å². The Kier molecular flexibility index (Phi) is 2.26. The standard InChI is InChI=1S/C11H7F3O2/c1-6-2-3-9-7(4-6)8(15)5-10(16-9)11(12,13)14/h2-5H,1H3. The average molecular weight is 228 g/mol. The fourth-order valence-electron chi connectivity index (χ4n) is 1.41. The van der Waals surface area contributed by atoms with Crippen molar-refractivity contribution in [1.29, 1.82) is 0 Å². The van der Waals surface area contributed by atoms with Gasteiger partial charge in [0.2, 0.25) is 5.76 Å². The summed E-state index contributed by atoms with van der Waals surface area (Å²) in [5.74, 6) is -1.27. The van der Waals surface area contributed by atoms with Gasteiger partial charge in [0, 0.05) is 6.07 Å². The third kappa shape index (κ3) is 1.80. The molecule has 0 atom stereocenters. The molecule has 0 aliphatic heterocycles. The number of halogens is 3. The molecule has 5 heteroatoms. The van der Waals surface area contributed by atoms with Crippen molar-refractivity contribution in [1.82, 2.24) is 0 Å². The number of benzene rings is 1. The van der Waals surface area contributed by atoms with Crippen LogP contribution in [0.15, 0.2) is 33.5 Å². The second-order valence-electron chi connectivity index (χ2n) is 3.47. The van der Waals surface area contributed by atoms with Crippen molar-refractivity contribution in [3.8, 4) is 0 Å². The lowest BCUT2D eigenvalue weighted by molar-refractivity contribution is -0.152. The smallest absolute Gasteiger partial charge is 0.449 e. The summed E-state index contributed by atoms with van der Waals surface area (Å²) in [6.07, 6.45) is -4.64. The van der Waals surface area contributed by atoms with Crippen LogP contribution in [0.25, 0.3) is 11.0 Å². The lowest BCUT2D eigenvalue weighted by atomic mass is 10.1. The lowest BCUT2D eigenvalue weighted by Gasteiger charge is -2.06. The first kappa shape index (κ1) is 10.7. The molecule has 0 aliphatic rings. The molecule has 2 nitrogen and oxygen atoms in total. The Morgan fingerprint density at radius 3 is 2.50 bits per heavy atom. The summed E-state index contributed by atoms with van der Waals surface area (Å²) in [7, 11) is 0. The number of rotatable bonds is 0. The highest BCUT2D eigenvalue weighted by Gasteiger charge is 2.34. The van der Waals surface area contributed by atoms with E-state index in [1.807, 2.05) is 0 Å². The highest BCUT2D eigenvalue weighted by atomic mass is 19.4. The zero-order valence-corrected chi connectivity index (χ0v) is 8.26. The fraction of sp³-hybridized carbons (Fsp3) is 0.182. The summed E-state index contributed by atoms with van der Waals surface area (Å²) in [5.41, 5.74) is 0.0576. The molecule has 1 aromatic carbocycles. The SMILES string of the molecule is Cc1ccc2oc(C(F)(F)F)cc(=O)c2c1. The van der Waals surface area contributed by atoms with Crippen LogP contribution in [-0.4, -0.2) is 0 Å². The molecule has 0 radical (unpaired) electrons. The van der Waals surface area contributed by atoms with Crippen molar-refractivity contribution in [2.45, 2.75) is 13.1 Å². The molecule has 0 amide bonds. The van der Waals surface area contributed by atoms with Gasteiger partial charge < -0.3 is 4.42 Å². The van der Waals surface area contributed by atoms with Gasteiger partial charge in [0.15, 0.2) is 5.43 Å². The summed E-state index contributed by atoms with van der Waals surface area (Å²) in [4.78, 5) is 11.4. The third-order valence-electron chi connectivity index (χ3n) is 2.16. The minimum atomic E-state index is -4.64. The van der Waals surface area contributed by atoms with Crippen molar-refractivity contribution in [2.75, 3.05) is 0 Å². The molecule has 0 aliphatic carbocycles. The first-order valence-corrected chi connectivity index (χ1v) is 4.49. The summed E-state index contributed by atoms with van der Waals surface area (Å²) < 4.78 is 41.7. The molecule has 0 spiro atoms. The van der Waals surface area contributed by atoms with Gasteiger partial charge in [-0.05, 0) is 19.1 Å². The summed E-state index contributed by atoms with van der Waals surface area (Å²) >= 11 is 0. The van der Waals surface area contributed by atoms with Crippen molar-refractivity contribution in [2.24, 2.45) is 0 Å². The molecule has 0 N–H and O–H groups in total. The summed E-state index contributed by atoms with van der Waals surface area (Å²) in [6, 6.07) is 4.93. The Morgan fingerprint density at radius 1 is 1.19 bits per heavy atom. The largest absolute Gasteiger partial charge is 0.451 e. The quantitative estimate of drug-likeness (QED) is 0.693. The van der Waals surface area contributed by atoms with Crippen LogP contribution in [0.5, 0.6) is 0 Å². The predicted molar refractivity (Wildman–Crippen MR) is 52.2 cm³/mol. The second-order valence-corrected chi connectivity index (χ2v) is 3.47. The van der Waals surface area contributed by atoms with E-state index in [4.69, 9.17) is 0 Å². The highest BCUT2D eigenvalue weighted by molar-refractivity contribution is 5.77. The van der Waals surface area contributed by atoms with Gasteiger partial charge in [-0.15, -0.1) is 0 Å². The molecule has 0 saturated carbocycles. The second kappa shape index (κ2) is 3.37. The van der Waals surface area contributed by atoms with Gasteiger partial charge in [-0.25, -0.2) is 0 Å². The van der Waals surface area contributed by atoms with E-state index in [0.717, 1.165) is 5.56 Å². The van der Waals surface area contributed by atoms with Crippen molar-refractivity contribution >= 4 is 11.0 Å². The van der Waals surface area contributed by atoms with Crippen LogP contribution in [0.1, 0.15) is 11.3 Å². The average Bonchev–Trinajstić information content (AvgIpc) is 2.17. The van der Waals surface area contributed by atoms with Crippen molar-refractivity contribution in [3.05, 3.63) is 45.8 Å². The molecule has 0 fully saturated rings. The van der Waals surface area contributed by atoms with Crippen LogP contribution in [-0.2, 0) is 6.18 Å². The third-order valence-corrected chi connectivity index (χ3v) is 2.16. The Bertz CT molecular complexity index is 596. The van der Waals surface area contributed by atoms with E-state index in [1.54, 1.807) is 13.0 Å². The molecule has 2 aromatic rings. The first-order chi connectivity index (χ1) is 7.38. The fourth-order valence-corrected chi connectivity index (χ4v) is 1.41. The van der Waals surface area contributed by atoms with Crippen molar-refractivity contribution < 1.29 is 17.6 Å². The Balaban J connectivity index is 2.79. The minimum absolute atomic E-state index is 0.0505. The van der Waals surface area contributed by atoms with Crippen LogP contribution in [0.3, 0.4) is 0 Å². The highest BCUT2D eigenvalue weighted by Crippen LogP contribution is 2.30. The normalized spacial score (nSPS) is 12.0. The monoisotopic (exact) mass is 228 g/mol. The summed E-state index contributed by atoms with van der Waals surface area (Å²) in [6.45, 7) is 1.75. The molecular formula is C11H7F3O2. The molecular weight excluding hydrogens is 221 g/mol. The van der Waals surface area contributed by atoms with Gasteiger partial charge in [-0.1, -0.05) is 11.6 Å². The van der Waals surface area contributed by atoms with Gasteiger partial charge in [-0.3, -0.25) is 4.79 Å². The van der Waals surface area contributed by atoms with E-state index in [0.29, 0.717) is 6.07 Å². The zero-order valence-electron chi connectivity index (χ0n) is 8.26. The predicted octanol–water partition coefficient (Wildman–Crippen LogP) is 3.12. The lowest BCUT2D eigenvalue weighted by Crippen LogP contribution is -2.10. The first-order valence-electron chi connectivity index (χ1n) is 4.49. The Morgan fingerprint density at radius 2 is 1.88 bits per heavy atom. The van der Waals surface area contributed by atoms with Crippen molar-refractivity contribution in [3.63, 3.8) is 0 Å². The molecule has 16 heavy (non-hydrogen) atoms. The molecule has 2 rings (SSSR count). The molecule has 0 saturated heterocycles. The number of alkyl halides is 3. The topological polar surface area (TPSA) is 30.2 Å². The zero-order chi connectivity index (χ0) is 11.9. The van der Waals surface area contributed by atoms with Gasteiger partial charge >= 0.3 is 6.18 Å². The van der Waals surface area contributed by atoms with Gasteiger partial charge in [0.1, 0.15) is 5.58 Å². The maximum Gasteiger partial charge on any atom is 0.449 e. The maximum atomic E-state index is 12.3. The number of hydrogen-bond acceptors (Lipinski definition) is 2. The van der Waals surface area contributed by atoms with Crippen LogP contribution in [0.2, 0.25) is 0 Å². The van der Waals surface area contributed by atoms with Crippen LogP contribution >= 0.6 is 0 Å². The van der Waals surface area contributed by atoms with Gasteiger partial charge in [0.05, 0.1) is 5.39 Å². The van der Waals surface area contributed by atoms with E-state index >= 15 is 0 Å². The van der Waals surface area contributed by atoms with Gasteiger partial charge in [0.25, 0.3) is 0 Å². The van der Waals surface area contributed by atoms with Crippen LogP contribution in [0.4, 0.5) is 13.2 Å². The number of aryl methyl sites for hydroxylation is 1. The minimum Gasteiger partial charge on any atom is -0.451 e. The molecule has 0 bridgehead atoms. The molecule has 84 valence electrons. The number of hydrogen-bond donors (Lipinski definition) is 0. The van der Waals surface area contributed by atoms with E-state index in [9.17, 15) is 18.0 Å². The Labute approximate surface area is 88.3 Å². The Hall–Kier alpha value is -1.78. The molecule has 1 aromatic heterocycles. The maximum absolute atomic E-state index is 12.3. The summed E-state index contributed by atoms with van der Waals surface area (Å²) in [5, 5.41) is 0.160. The van der Waals surface area contributed by atoms with Gasteiger partial charge in [-0.2, -0.15) is 13.2 Å². The molecule has 1 heterocycles.